The molecule has 2 N–H and O–H groups in total. The Morgan fingerprint density at radius 1 is 1.03 bits per heavy atom. The number of aromatic nitrogens is 3. The SMILES string of the molecule is CCOc1cc(C(=O)NNc2nc(C)cc(C)n2)ccc1OCc1cccnc1. The lowest BCUT2D eigenvalue weighted by Crippen LogP contribution is -2.30. The van der Waals surface area contributed by atoms with Gasteiger partial charge in [-0.25, -0.2) is 9.97 Å². The summed E-state index contributed by atoms with van der Waals surface area (Å²) in [6.45, 7) is 6.39. The van der Waals surface area contributed by atoms with Gasteiger partial charge in [-0.1, -0.05) is 6.07 Å². The van der Waals surface area contributed by atoms with Gasteiger partial charge in [0.15, 0.2) is 11.5 Å². The quantitative estimate of drug-likeness (QED) is 0.567. The first-order valence-electron chi connectivity index (χ1n) is 9.22. The number of hydrazine groups is 1. The van der Waals surface area contributed by atoms with Crippen molar-refractivity contribution < 1.29 is 14.3 Å². The van der Waals surface area contributed by atoms with Crippen molar-refractivity contribution in [1.82, 2.24) is 20.4 Å². The zero-order valence-corrected chi connectivity index (χ0v) is 16.6. The third-order valence-electron chi connectivity index (χ3n) is 3.89. The molecule has 1 aromatic carbocycles. The number of carbonyl (C=O) groups excluding carboxylic acids is 1. The van der Waals surface area contributed by atoms with Crippen LogP contribution in [0.4, 0.5) is 5.95 Å². The summed E-state index contributed by atoms with van der Waals surface area (Å²) in [4.78, 5) is 25.0. The first-order chi connectivity index (χ1) is 14.0. The van der Waals surface area contributed by atoms with Crippen LogP contribution in [-0.4, -0.2) is 27.5 Å². The Morgan fingerprint density at radius 2 is 1.83 bits per heavy atom. The van der Waals surface area contributed by atoms with Gasteiger partial charge in [-0.15, -0.1) is 0 Å². The third kappa shape index (κ3) is 5.65. The van der Waals surface area contributed by atoms with Crippen LogP contribution in [0.15, 0.2) is 48.8 Å². The monoisotopic (exact) mass is 393 g/mol. The number of amides is 1. The molecule has 8 nitrogen and oxygen atoms in total. The predicted octanol–water partition coefficient (Wildman–Crippen LogP) is 3.22. The average molecular weight is 393 g/mol. The lowest BCUT2D eigenvalue weighted by molar-refractivity contribution is 0.0961. The molecule has 0 unspecified atom stereocenters. The Morgan fingerprint density at radius 3 is 2.52 bits per heavy atom. The highest BCUT2D eigenvalue weighted by atomic mass is 16.5. The summed E-state index contributed by atoms with van der Waals surface area (Å²) < 4.78 is 11.5. The largest absolute Gasteiger partial charge is 0.490 e. The van der Waals surface area contributed by atoms with Crippen molar-refractivity contribution in [2.45, 2.75) is 27.4 Å². The van der Waals surface area contributed by atoms with E-state index in [4.69, 9.17) is 9.47 Å². The van der Waals surface area contributed by atoms with Gasteiger partial charge in [-0.05, 0) is 51.1 Å². The molecule has 0 saturated carbocycles. The van der Waals surface area contributed by atoms with Crippen molar-refractivity contribution >= 4 is 11.9 Å². The van der Waals surface area contributed by atoms with Gasteiger partial charge in [-0.3, -0.25) is 20.6 Å². The van der Waals surface area contributed by atoms with Crippen LogP contribution in [0.3, 0.4) is 0 Å². The van der Waals surface area contributed by atoms with E-state index in [9.17, 15) is 4.79 Å². The van der Waals surface area contributed by atoms with E-state index in [0.717, 1.165) is 17.0 Å². The zero-order valence-electron chi connectivity index (χ0n) is 16.6. The van der Waals surface area contributed by atoms with E-state index in [1.807, 2.05) is 39.0 Å². The smallest absolute Gasteiger partial charge is 0.269 e. The number of pyridine rings is 1. The van der Waals surface area contributed by atoms with E-state index < -0.39 is 0 Å². The number of hydrogen-bond acceptors (Lipinski definition) is 7. The number of benzene rings is 1. The molecule has 29 heavy (non-hydrogen) atoms. The zero-order chi connectivity index (χ0) is 20.6. The number of carbonyl (C=O) groups is 1. The molecule has 0 atom stereocenters. The van der Waals surface area contributed by atoms with Crippen molar-refractivity contribution in [3.05, 3.63) is 71.3 Å². The summed E-state index contributed by atoms with van der Waals surface area (Å²) in [5, 5.41) is 0. The maximum atomic E-state index is 12.5. The molecule has 2 heterocycles. The van der Waals surface area contributed by atoms with Gasteiger partial charge >= 0.3 is 0 Å². The van der Waals surface area contributed by atoms with Gasteiger partial charge in [0.1, 0.15) is 6.61 Å². The Balaban J connectivity index is 1.68. The molecule has 0 bridgehead atoms. The van der Waals surface area contributed by atoms with Crippen LogP contribution in [0.25, 0.3) is 0 Å². The fraction of sp³-hybridized carbons (Fsp3) is 0.238. The number of nitrogens with zero attached hydrogens (tertiary/aromatic N) is 3. The molecule has 3 aromatic rings. The fourth-order valence-electron chi connectivity index (χ4n) is 2.65. The van der Waals surface area contributed by atoms with E-state index >= 15 is 0 Å². The molecular formula is C21H23N5O3. The lowest BCUT2D eigenvalue weighted by atomic mass is 10.2. The second-order valence-electron chi connectivity index (χ2n) is 6.30. The molecule has 8 heteroatoms. The lowest BCUT2D eigenvalue weighted by Gasteiger charge is -2.14. The van der Waals surface area contributed by atoms with Crippen LogP contribution in [0.5, 0.6) is 11.5 Å². The summed E-state index contributed by atoms with van der Waals surface area (Å²) >= 11 is 0. The van der Waals surface area contributed by atoms with Crippen molar-refractivity contribution in [2.24, 2.45) is 0 Å². The number of aryl methyl sites for hydroxylation is 2. The first-order valence-corrected chi connectivity index (χ1v) is 9.22. The Hall–Kier alpha value is -3.68. The molecule has 0 aliphatic rings. The minimum absolute atomic E-state index is 0.331. The average Bonchev–Trinajstić information content (AvgIpc) is 2.71. The van der Waals surface area contributed by atoms with Crippen molar-refractivity contribution in [3.8, 4) is 11.5 Å². The molecule has 0 aliphatic heterocycles. The maximum Gasteiger partial charge on any atom is 0.269 e. The Kier molecular flexibility index (Phi) is 6.57. The standard InChI is InChI=1S/C21H23N5O3/c1-4-28-19-11-17(7-8-18(19)29-13-16-6-5-9-22-12-16)20(27)25-26-21-23-14(2)10-15(3)24-21/h5-12H,4,13H2,1-3H3,(H,25,27)(H,23,24,26). The highest BCUT2D eigenvalue weighted by molar-refractivity contribution is 5.95. The molecule has 150 valence electrons. The fourth-order valence-corrected chi connectivity index (χ4v) is 2.65. The second kappa shape index (κ2) is 9.50. The number of hydrogen-bond donors (Lipinski definition) is 2. The van der Waals surface area contributed by atoms with Crippen molar-refractivity contribution in [1.29, 1.82) is 0 Å². The number of rotatable bonds is 8. The first kappa shape index (κ1) is 20.1. The van der Waals surface area contributed by atoms with E-state index in [0.29, 0.717) is 36.2 Å². The maximum absolute atomic E-state index is 12.5. The van der Waals surface area contributed by atoms with Gasteiger partial charge in [-0.2, -0.15) is 0 Å². The van der Waals surface area contributed by atoms with E-state index in [-0.39, 0.29) is 5.91 Å². The predicted molar refractivity (Wildman–Crippen MR) is 109 cm³/mol. The summed E-state index contributed by atoms with van der Waals surface area (Å²) in [7, 11) is 0. The van der Waals surface area contributed by atoms with Crippen LogP contribution in [0.2, 0.25) is 0 Å². The molecule has 0 spiro atoms. The molecular weight excluding hydrogens is 370 g/mol. The topological polar surface area (TPSA) is 98.3 Å². The van der Waals surface area contributed by atoms with Gasteiger partial charge in [0, 0.05) is 34.9 Å². The van der Waals surface area contributed by atoms with Gasteiger partial charge in [0.2, 0.25) is 5.95 Å². The van der Waals surface area contributed by atoms with E-state index in [2.05, 4.69) is 25.8 Å². The molecule has 3 rings (SSSR count). The Bertz CT molecular complexity index is 959. The number of nitrogens with one attached hydrogen (secondary N) is 2. The van der Waals surface area contributed by atoms with E-state index in [1.165, 1.54) is 0 Å². The van der Waals surface area contributed by atoms with Crippen molar-refractivity contribution in [3.63, 3.8) is 0 Å². The van der Waals surface area contributed by atoms with Crippen molar-refractivity contribution in [2.75, 3.05) is 12.0 Å². The second-order valence-corrected chi connectivity index (χ2v) is 6.30. The highest BCUT2D eigenvalue weighted by Crippen LogP contribution is 2.29. The van der Waals surface area contributed by atoms with Gasteiger partial charge in [0.25, 0.3) is 5.91 Å². The summed E-state index contributed by atoms with van der Waals surface area (Å²) in [5.74, 6) is 1.04. The number of ether oxygens (including phenoxy) is 2. The molecule has 1 amide bonds. The third-order valence-corrected chi connectivity index (χ3v) is 3.89. The minimum Gasteiger partial charge on any atom is -0.490 e. The van der Waals surface area contributed by atoms with E-state index in [1.54, 1.807) is 30.6 Å². The minimum atomic E-state index is -0.340. The molecule has 0 fully saturated rings. The highest BCUT2D eigenvalue weighted by Gasteiger charge is 2.12. The summed E-state index contributed by atoms with van der Waals surface area (Å²) in [5.41, 5.74) is 8.31. The summed E-state index contributed by atoms with van der Waals surface area (Å²) in [6, 6.07) is 10.6. The van der Waals surface area contributed by atoms with Crippen LogP contribution in [0.1, 0.15) is 34.2 Å². The molecule has 0 radical (unpaired) electrons. The molecule has 2 aromatic heterocycles. The Labute approximate surface area is 169 Å². The molecule has 0 saturated heterocycles. The normalized spacial score (nSPS) is 10.3. The number of anilines is 1. The van der Waals surface area contributed by atoms with Crippen LogP contribution < -0.4 is 20.3 Å². The van der Waals surface area contributed by atoms with Gasteiger partial charge < -0.3 is 9.47 Å². The van der Waals surface area contributed by atoms with Crippen LogP contribution in [0, 0.1) is 13.8 Å². The summed E-state index contributed by atoms with van der Waals surface area (Å²) in [6.07, 6.45) is 3.45. The van der Waals surface area contributed by atoms with Crippen LogP contribution >= 0.6 is 0 Å². The van der Waals surface area contributed by atoms with Crippen LogP contribution in [-0.2, 0) is 6.61 Å². The molecule has 0 aliphatic carbocycles. The van der Waals surface area contributed by atoms with Gasteiger partial charge in [0.05, 0.1) is 6.61 Å².